The summed E-state index contributed by atoms with van der Waals surface area (Å²) in [4.78, 5) is 1.24. The largest absolute Gasteiger partial charge is 0.493 e. The van der Waals surface area contributed by atoms with Gasteiger partial charge in [-0.3, -0.25) is 0 Å². The van der Waals surface area contributed by atoms with Crippen LogP contribution in [0, 0.1) is 11.3 Å². The lowest BCUT2D eigenvalue weighted by Crippen LogP contribution is -3.14. The van der Waals surface area contributed by atoms with Crippen LogP contribution in [-0.2, 0) is 4.74 Å². The van der Waals surface area contributed by atoms with Crippen LogP contribution < -0.4 is 14.4 Å². The first-order valence-corrected chi connectivity index (χ1v) is 6.92. The molecule has 5 heteroatoms. The summed E-state index contributed by atoms with van der Waals surface area (Å²) in [6.45, 7) is 5.65. The Hall–Kier alpha value is -1.77. The number of nitrogens with one attached hydrogen (secondary N) is 1. The van der Waals surface area contributed by atoms with Gasteiger partial charge in [-0.05, 0) is 25.1 Å². The first-order chi connectivity index (χ1) is 9.80. The number of quaternary nitrogens is 1. The molecule has 0 aromatic heterocycles. The molecule has 1 saturated heterocycles. The molecule has 1 aliphatic heterocycles. The van der Waals surface area contributed by atoms with Crippen molar-refractivity contribution < 1.29 is 19.1 Å². The summed E-state index contributed by atoms with van der Waals surface area (Å²) >= 11 is 0. The average Bonchev–Trinajstić information content (AvgIpc) is 2.50. The molecule has 1 fully saturated rings. The third-order valence-corrected chi connectivity index (χ3v) is 3.49. The molecule has 0 saturated carbocycles. The standard InChI is InChI=1S/C15H20N2O3/c1-3-20-14-5-4-12(10-15(14)18-2)13(11-16)17-6-8-19-9-7-17/h4-5,10,13H,3,6-9H2,1-2H3/p+1/t13-/m1/s1. The molecule has 0 spiro atoms. The molecule has 1 N–H and O–H groups in total. The van der Waals surface area contributed by atoms with Crippen molar-refractivity contribution in [1.82, 2.24) is 0 Å². The number of rotatable bonds is 5. The highest BCUT2D eigenvalue weighted by molar-refractivity contribution is 5.44. The summed E-state index contributed by atoms with van der Waals surface area (Å²) in [6.07, 6.45) is 0. The molecule has 0 aliphatic carbocycles. The van der Waals surface area contributed by atoms with E-state index in [-0.39, 0.29) is 6.04 Å². The second-order valence-corrected chi connectivity index (χ2v) is 4.68. The van der Waals surface area contributed by atoms with E-state index in [1.807, 2.05) is 25.1 Å². The van der Waals surface area contributed by atoms with Crippen LogP contribution in [0.3, 0.4) is 0 Å². The molecule has 0 bridgehead atoms. The molecular weight excluding hydrogens is 256 g/mol. The predicted octanol–water partition coefficient (Wildman–Crippen LogP) is 0.574. The summed E-state index contributed by atoms with van der Waals surface area (Å²) in [5.41, 5.74) is 0.963. The summed E-state index contributed by atoms with van der Waals surface area (Å²) < 4.78 is 16.2. The smallest absolute Gasteiger partial charge is 0.201 e. The highest BCUT2D eigenvalue weighted by atomic mass is 16.5. The Balaban J connectivity index is 2.23. The molecule has 1 aliphatic rings. The number of benzene rings is 1. The fourth-order valence-corrected chi connectivity index (χ4v) is 2.46. The number of methoxy groups -OCH3 is 1. The molecule has 1 aromatic carbocycles. The van der Waals surface area contributed by atoms with Gasteiger partial charge in [0.1, 0.15) is 19.2 Å². The molecule has 1 heterocycles. The zero-order chi connectivity index (χ0) is 14.4. The van der Waals surface area contributed by atoms with Crippen molar-refractivity contribution in [2.45, 2.75) is 13.0 Å². The molecule has 0 radical (unpaired) electrons. The summed E-state index contributed by atoms with van der Waals surface area (Å²) in [7, 11) is 1.62. The van der Waals surface area contributed by atoms with Crippen molar-refractivity contribution in [3.8, 4) is 17.6 Å². The summed E-state index contributed by atoms with van der Waals surface area (Å²) in [5, 5.41) is 9.48. The molecule has 108 valence electrons. The lowest BCUT2D eigenvalue weighted by atomic mass is 10.1. The first kappa shape index (κ1) is 14.6. The maximum atomic E-state index is 9.48. The Bertz CT molecular complexity index is 478. The van der Waals surface area contributed by atoms with E-state index in [4.69, 9.17) is 14.2 Å². The van der Waals surface area contributed by atoms with Gasteiger partial charge in [-0.15, -0.1) is 0 Å². The van der Waals surface area contributed by atoms with Crippen molar-refractivity contribution in [3.05, 3.63) is 23.8 Å². The molecule has 2 rings (SSSR count). The lowest BCUT2D eigenvalue weighted by molar-refractivity contribution is -0.930. The maximum absolute atomic E-state index is 9.48. The van der Waals surface area contributed by atoms with Gasteiger partial charge >= 0.3 is 0 Å². The fraction of sp³-hybridized carbons (Fsp3) is 0.533. The van der Waals surface area contributed by atoms with Crippen molar-refractivity contribution in [2.24, 2.45) is 0 Å². The SMILES string of the molecule is CCOc1ccc([C@@H](C#N)[NH+]2CCOCC2)cc1OC. The maximum Gasteiger partial charge on any atom is 0.201 e. The summed E-state index contributed by atoms with van der Waals surface area (Å²) in [5.74, 6) is 1.39. The molecule has 0 amide bonds. The van der Waals surface area contributed by atoms with Crippen molar-refractivity contribution in [3.63, 3.8) is 0 Å². The second kappa shape index (κ2) is 7.13. The quantitative estimate of drug-likeness (QED) is 0.855. The van der Waals surface area contributed by atoms with Crippen LogP contribution in [0.1, 0.15) is 18.5 Å². The van der Waals surface area contributed by atoms with E-state index in [2.05, 4.69) is 6.07 Å². The molecule has 0 unspecified atom stereocenters. The number of nitrogens with zero attached hydrogens (tertiary/aromatic N) is 1. The number of nitriles is 1. The van der Waals surface area contributed by atoms with Gasteiger partial charge in [-0.25, -0.2) is 0 Å². The van der Waals surface area contributed by atoms with Gasteiger partial charge in [0, 0.05) is 5.56 Å². The zero-order valence-electron chi connectivity index (χ0n) is 12.0. The Morgan fingerprint density at radius 3 is 2.70 bits per heavy atom. The van der Waals surface area contributed by atoms with Crippen molar-refractivity contribution >= 4 is 0 Å². The summed E-state index contributed by atoms with van der Waals surface area (Å²) in [6, 6.07) is 7.94. The molecule has 20 heavy (non-hydrogen) atoms. The van der Waals surface area contributed by atoms with Gasteiger partial charge in [-0.1, -0.05) is 0 Å². The molecule has 5 nitrogen and oxygen atoms in total. The van der Waals surface area contributed by atoms with E-state index in [0.717, 1.165) is 18.7 Å². The van der Waals surface area contributed by atoms with Crippen LogP contribution in [0.25, 0.3) is 0 Å². The van der Waals surface area contributed by atoms with Gasteiger partial charge in [0.15, 0.2) is 11.5 Å². The Morgan fingerprint density at radius 2 is 2.10 bits per heavy atom. The Labute approximate surface area is 119 Å². The number of hydrogen-bond donors (Lipinski definition) is 1. The third-order valence-electron chi connectivity index (χ3n) is 3.49. The van der Waals surface area contributed by atoms with E-state index in [0.29, 0.717) is 31.3 Å². The minimum atomic E-state index is -0.191. The number of hydrogen-bond acceptors (Lipinski definition) is 4. The van der Waals surface area contributed by atoms with Crippen LogP contribution in [-0.4, -0.2) is 40.0 Å². The lowest BCUT2D eigenvalue weighted by Gasteiger charge is -2.28. The Morgan fingerprint density at radius 1 is 1.35 bits per heavy atom. The van der Waals surface area contributed by atoms with Crippen molar-refractivity contribution in [2.75, 3.05) is 40.0 Å². The topological polar surface area (TPSA) is 55.9 Å². The fourth-order valence-electron chi connectivity index (χ4n) is 2.46. The van der Waals surface area contributed by atoms with Crippen LogP contribution in [0.5, 0.6) is 11.5 Å². The third kappa shape index (κ3) is 3.21. The van der Waals surface area contributed by atoms with Crippen LogP contribution >= 0.6 is 0 Å². The van der Waals surface area contributed by atoms with Gasteiger partial charge in [0.25, 0.3) is 0 Å². The van der Waals surface area contributed by atoms with E-state index < -0.39 is 0 Å². The van der Waals surface area contributed by atoms with Gasteiger partial charge in [0.05, 0.1) is 26.9 Å². The van der Waals surface area contributed by atoms with Crippen LogP contribution in [0.2, 0.25) is 0 Å². The van der Waals surface area contributed by atoms with E-state index in [9.17, 15) is 5.26 Å². The van der Waals surface area contributed by atoms with Crippen molar-refractivity contribution in [1.29, 1.82) is 5.26 Å². The highest BCUT2D eigenvalue weighted by Crippen LogP contribution is 2.29. The zero-order valence-corrected chi connectivity index (χ0v) is 12.0. The number of ether oxygens (including phenoxy) is 3. The minimum absolute atomic E-state index is 0.191. The minimum Gasteiger partial charge on any atom is -0.493 e. The van der Waals surface area contributed by atoms with Gasteiger partial charge < -0.3 is 19.1 Å². The molecule has 1 aromatic rings. The predicted molar refractivity (Wildman–Crippen MR) is 74.0 cm³/mol. The highest BCUT2D eigenvalue weighted by Gasteiger charge is 2.26. The first-order valence-electron chi connectivity index (χ1n) is 6.92. The Kier molecular flexibility index (Phi) is 5.22. The van der Waals surface area contributed by atoms with E-state index in [1.165, 1.54) is 4.90 Å². The van der Waals surface area contributed by atoms with E-state index >= 15 is 0 Å². The van der Waals surface area contributed by atoms with E-state index in [1.54, 1.807) is 7.11 Å². The van der Waals surface area contributed by atoms with Gasteiger partial charge in [0.2, 0.25) is 6.04 Å². The molecule has 1 atom stereocenters. The molecular formula is C15H21N2O3+. The van der Waals surface area contributed by atoms with Crippen LogP contribution in [0.15, 0.2) is 18.2 Å². The monoisotopic (exact) mass is 277 g/mol. The second-order valence-electron chi connectivity index (χ2n) is 4.68. The van der Waals surface area contributed by atoms with Crippen LogP contribution in [0.4, 0.5) is 0 Å². The normalized spacial score (nSPS) is 17.2. The average molecular weight is 277 g/mol. The van der Waals surface area contributed by atoms with Gasteiger partial charge in [-0.2, -0.15) is 5.26 Å². The number of morpholine rings is 1.